The number of ether oxygens (including phenoxy) is 2. The van der Waals surface area contributed by atoms with E-state index in [1.165, 1.54) is 0 Å². The van der Waals surface area contributed by atoms with Crippen molar-refractivity contribution >= 4 is 21.4 Å². The molecule has 0 bridgehead atoms. The summed E-state index contributed by atoms with van der Waals surface area (Å²) in [7, 11) is 3.19. The summed E-state index contributed by atoms with van der Waals surface area (Å²) in [5.41, 5.74) is 1.53. The van der Waals surface area contributed by atoms with Crippen molar-refractivity contribution in [2.75, 3.05) is 14.2 Å². The highest BCUT2D eigenvalue weighted by atomic mass is 32.1. The summed E-state index contributed by atoms with van der Waals surface area (Å²) in [4.78, 5) is 0. The van der Waals surface area contributed by atoms with Crippen LogP contribution in [0, 0.1) is 0 Å². The molecule has 0 aliphatic carbocycles. The Balaban J connectivity index is 2.16. The number of methoxy groups -OCH3 is 2. The number of benzene rings is 2. The molecule has 0 saturated carbocycles. The van der Waals surface area contributed by atoms with Crippen LogP contribution in [0.4, 0.5) is 0 Å². The SMILES string of the molecule is COc1cccc(OC)c1C(O)c1csc2ccccc12. The van der Waals surface area contributed by atoms with Gasteiger partial charge in [0, 0.05) is 10.3 Å². The summed E-state index contributed by atoms with van der Waals surface area (Å²) in [6.45, 7) is 0. The predicted octanol–water partition coefficient (Wildman–Crippen LogP) is 4.00. The molecule has 0 fully saturated rings. The zero-order valence-electron chi connectivity index (χ0n) is 11.9. The Morgan fingerprint density at radius 1 is 0.952 bits per heavy atom. The topological polar surface area (TPSA) is 38.7 Å². The average molecular weight is 300 g/mol. The van der Waals surface area contributed by atoms with E-state index < -0.39 is 6.10 Å². The minimum atomic E-state index is -0.785. The lowest BCUT2D eigenvalue weighted by Crippen LogP contribution is -2.04. The number of hydrogen-bond donors (Lipinski definition) is 1. The molecule has 21 heavy (non-hydrogen) atoms. The van der Waals surface area contributed by atoms with E-state index in [0.717, 1.165) is 15.6 Å². The first kappa shape index (κ1) is 13.9. The van der Waals surface area contributed by atoms with Crippen LogP contribution < -0.4 is 9.47 Å². The Kier molecular flexibility index (Phi) is 3.82. The lowest BCUT2D eigenvalue weighted by atomic mass is 9.99. The lowest BCUT2D eigenvalue weighted by molar-refractivity contribution is 0.210. The minimum Gasteiger partial charge on any atom is -0.496 e. The van der Waals surface area contributed by atoms with Crippen molar-refractivity contribution in [2.45, 2.75) is 6.10 Å². The van der Waals surface area contributed by atoms with E-state index in [-0.39, 0.29) is 0 Å². The number of rotatable bonds is 4. The molecule has 1 aromatic heterocycles. The maximum absolute atomic E-state index is 10.8. The molecule has 1 heterocycles. The number of thiophene rings is 1. The molecule has 1 N–H and O–H groups in total. The number of fused-ring (bicyclic) bond motifs is 1. The fourth-order valence-corrected chi connectivity index (χ4v) is 3.49. The third-order valence-electron chi connectivity index (χ3n) is 3.54. The van der Waals surface area contributed by atoms with Crippen LogP contribution in [-0.4, -0.2) is 19.3 Å². The van der Waals surface area contributed by atoms with Gasteiger partial charge in [-0.2, -0.15) is 0 Å². The van der Waals surface area contributed by atoms with Crippen LogP contribution in [0.25, 0.3) is 10.1 Å². The molecule has 4 heteroatoms. The monoisotopic (exact) mass is 300 g/mol. The van der Waals surface area contributed by atoms with Crippen molar-refractivity contribution in [3.05, 3.63) is 59.0 Å². The Labute approximate surface area is 127 Å². The van der Waals surface area contributed by atoms with Gasteiger partial charge >= 0.3 is 0 Å². The van der Waals surface area contributed by atoms with Gasteiger partial charge in [0.25, 0.3) is 0 Å². The fraction of sp³-hybridized carbons (Fsp3) is 0.176. The third kappa shape index (κ3) is 2.37. The third-order valence-corrected chi connectivity index (χ3v) is 4.53. The molecule has 0 spiro atoms. The van der Waals surface area contributed by atoms with Crippen molar-refractivity contribution in [2.24, 2.45) is 0 Å². The van der Waals surface area contributed by atoms with Gasteiger partial charge in [0.2, 0.25) is 0 Å². The Morgan fingerprint density at radius 3 is 2.29 bits per heavy atom. The van der Waals surface area contributed by atoms with Crippen LogP contribution in [0.3, 0.4) is 0 Å². The second-order valence-corrected chi connectivity index (χ2v) is 5.58. The van der Waals surface area contributed by atoms with E-state index in [0.29, 0.717) is 17.1 Å². The zero-order chi connectivity index (χ0) is 14.8. The molecular formula is C17H16O3S. The van der Waals surface area contributed by atoms with Crippen molar-refractivity contribution < 1.29 is 14.6 Å². The van der Waals surface area contributed by atoms with Crippen molar-refractivity contribution in [1.29, 1.82) is 0 Å². The smallest absolute Gasteiger partial charge is 0.128 e. The molecule has 3 rings (SSSR count). The van der Waals surface area contributed by atoms with Gasteiger partial charge in [-0.25, -0.2) is 0 Å². The van der Waals surface area contributed by atoms with Gasteiger partial charge in [0.05, 0.1) is 19.8 Å². The normalized spacial score (nSPS) is 12.3. The standard InChI is InChI=1S/C17H16O3S/c1-19-13-7-5-8-14(20-2)16(13)17(18)12-10-21-15-9-4-3-6-11(12)15/h3-10,17-18H,1-2H3. The van der Waals surface area contributed by atoms with Gasteiger partial charge in [-0.1, -0.05) is 24.3 Å². The van der Waals surface area contributed by atoms with E-state index >= 15 is 0 Å². The fourth-order valence-electron chi connectivity index (χ4n) is 2.51. The lowest BCUT2D eigenvalue weighted by Gasteiger charge is -2.18. The average Bonchev–Trinajstić information content (AvgIpc) is 2.97. The van der Waals surface area contributed by atoms with Crippen LogP contribution in [0.1, 0.15) is 17.2 Å². The maximum atomic E-state index is 10.8. The molecule has 0 radical (unpaired) electrons. The molecule has 108 valence electrons. The van der Waals surface area contributed by atoms with Crippen LogP contribution in [0.2, 0.25) is 0 Å². The quantitative estimate of drug-likeness (QED) is 0.791. The van der Waals surface area contributed by atoms with E-state index in [9.17, 15) is 5.11 Å². The molecule has 3 aromatic rings. The number of aliphatic hydroxyl groups excluding tert-OH is 1. The van der Waals surface area contributed by atoms with Gasteiger partial charge in [0.1, 0.15) is 17.6 Å². The molecule has 2 aromatic carbocycles. The first-order valence-electron chi connectivity index (χ1n) is 6.61. The van der Waals surface area contributed by atoms with E-state index in [2.05, 4.69) is 6.07 Å². The van der Waals surface area contributed by atoms with Gasteiger partial charge in [-0.05, 0) is 29.0 Å². The second kappa shape index (κ2) is 5.76. The van der Waals surface area contributed by atoms with E-state index in [4.69, 9.17) is 9.47 Å². The van der Waals surface area contributed by atoms with Gasteiger partial charge in [-0.15, -0.1) is 11.3 Å². The van der Waals surface area contributed by atoms with Crippen LogP contribution in [0.5, 0.6) is 11.5 Å². The molecule has 0 saturated heterocycles. The first-order chi connectivity index (χ1) is 10.3. The molecule has 1 atom stereocenters. The molecule has 0 aliphatic heterocycles. The summed E-state index contributed by atoms with van der Waals surface area (Å²) in [6.07, 6.45) is -0.785. The number of aliphatic hydroxyl groups is 1. The van der Waals surface area contributed by atoms with Crippen LogP contribution in [-0.2, 0) is 0 Å². The molecule has 0 amide bonds. The minimum absolute atomic E-state index is 0.622. The second-order valence-electron chi connectivity index (χ2n) is 4.67. The summed E-state index contributed by atoms with van der Waals surface area (Å²) < 4.78 is 11.9. The van der Waals surface area contributed by atoms with Gasteiger partial charge in [-0.3, -0.25) is 0 Å². The molecule has 1 unspecified atom stereocenters. The summed E-state index contributed by atoms with van der Waals surface area (Å²) in [5, 5.41) is 13.9. The van der Waals surface area contributed by atoms with Crippen LogP contribution in [0.15, 0.2) is 47.8 Å². The summed E-state index contributed by atoms with van der Waals surface area (Å²) >= 11 is 1.62. The van der Waals surface area contributed by atoms with Crippen molar-refractivity contribution in [3.63, 3.8) is 0 Å². The maximum Gasteiger partial charge on any atom is 0.128 e. The highest BCUT2D eigenvalue weighted by molar-refractivity contribution is 7.17. The molecule has 0 aliphatic rings. The number of hydrogen-bond acceptors (Lipinski definition) is 4. The van der Waals surface area contributed by atoms with E-state index in [1.54, 1.807) is 25.6 Å². The summed E-state index contributed by atoms with van der Waals surface area (Å²) in [5.74, 6) is 1.24. The van der Waals surface area contributed by atoms with E-state index in [1.807, 2.05) is 41.8 Å². The highest BCUT2D eigenvalue weighted by Crippen LogP contribution is 2.40. The molecule has 3 nitrogen and oxygen atoms in total. The largest absolute Gasteiger partial charge is 0.496 e. The Morgan fingerprint density at radius 2 is 1.62 bits per heavy atom. The van der Waals surface area contributed by atoms with Gasteiger partial charge in [0.15, 0.2) is 0 Å². The van der Waals surface area contributed by atoms with Gasteiger partial charge < -0.3 is 14.6 Å². The molecular weight excluding hydrogens is 284 g/mol. The predicted molar refractivity (Wildman–Crippen MR) is 85.4 cm³/mol. The van der Waals surface area contributed by atoms with Crippen molar-refractivity contribution in [1.82, 2.24) is 0 Å². The van der Waals surface area contributed by atoms with Crippen molar-refractivity contribution in [3.8, 4) is 11.5 Å². The Bertz CT molecular complexity index is 741. The first-order valence-corrected chi connectivity index (χ1v) is 7.49. The van der Waals surface area contributed by atoms with Crippen LogP contribution >= 0.6 is 11.3 Å². The Hall–Kier alpha value is -2.04. The zero-order valence-corrected chi connectivity index (χ0v) is 12.7. The highest BCUT2D eigenvalue weighted by Gasteiger charge is 2.22. The summed E-state index contributed by atoms with van der Waals surface area (Å²) in [6, 6.07) is 13.6.